The summed E-state index contributed by atoms with van der Waals surface area (Å²) in [6.45, 7) is 3.41. The first-order chi connectivity index (χ1) is 28.5. The van der Waals surface area contributed by atoms with Gasteiger partial charge in [0.2, 0.25) is 0 Å². The van der Waals surface area contributed by atoms with Gasteiger partial charge in [-0.05, 0) is 18.9 Å². The van der Waals surface area contributed by atoms with Gasteiger partial charge < -0.3 is 53.0 Å². The minimum absolute atomic E-state index is 0. The van der Waals surface area contributed by atoms with Crippen LogP contribution in [0, 0.1) is 91.0 Å². The third kappa shape index (κ3) is 79.6. The van der Waals surface area contributed by atoms with Crippen molar-refractivity contribution in [1.82, 2.24) is 0 Å². The molecule has 38 nitrogen and oxygen atoms in total. The molecule has 0 N–H and O–H groups in total. The Bertz CT molecular complexity index is 1160. The highest BCUT2D eigenvalue weighted by Gasteiger charge is 2.16. The standard InChI is InChI=1S/2C4H8N2O7.C4H8N2O6S.C4H8N2O6.C3H7NO3S.C2H6.3CH4/c1-11-4(2-12-5(7)8)3-13-6(9)10;1-11-2-4(13-6(9)10)3-12-5(7)8;1-13-3-4(12-6(9)10)2-11-5(7)8;1-2-4(12-6(9)10)3-11-5(7)8;1-8-3-2-7-4(5)6;1-2;;;/h3*4H,2-3H2,1H3;4H,2-3H2,1H3;2-3H2,1H3;1-2H3;3*1H4. The maximum Gasteiger partial charge on any atom is 0.294 e. The van der Waals surface area contributed by atoms with Crippen LogP contribution in [0.15, 0.2) is 0 Å². The molecule has 0 aliphatic carbocycles. The Kier molecular flexibility index (Phi) is 68.7. The first-order valence-electron chi connectivity index (χ1n) is 15.6. The molecule has 0 amide bonds. The Morgan fingerprint density at radius 1 is 0.422 bits per heavy atom. The fourth-order valence-electron chi connectivity index (χ4n) is 2.28. The van der Waals surface area contributed by atoms with Gasteiger partial charge in [-0.15, -0.1) is 91.0 Å². The lowest BCUT2D eigenvalue weighted by Crippen LogP contribution is -2.28. The van der Waals surface area contributed by atoms with Crippen molar-refractivity contribution in [3.63, 3.8) is 0 Å². The third-order valence-corrected chi connectivity index (χ3v) is 5.79. The lowest BCUT2D eigenvalue weighted by molar-refractivity contribution is -0.790. The number of thioether (sulfide) groups is 2. The van der Waals surface area contributed by atoms with Crippen molar-refractivity contribution < 1.29 is 98.8 Å². The van der Waals surface area contributed by atoms with Gasteiger partial charge >= 0.3 is 0 Å². The number of hydrogen-bond acceptors (Lipinski definition) is 31. The van der Waals surface area contributed by atoms with Crippen molar-refractivity contribution in [2.45, 2.75) is 73.9 Å². The second kappa shape index (κ2) is 56.4. The van der Waals surface area contributed by atoms with Gasteiger partial charge in [-0.2, -0.15) is 23.5 Å². The highest BCUT2D eigenvalue weighted by atomic mass is 32.2. The average molecular weight is 1000 g/mol. The first-order valence-corrected chi connectivity index (χ1v) is 18.4. The maximum absolute atomic E-state index is 9.88. The van der Waals surface area contributed by atoms with Gasteiger partial charge in [0, 0.05) is 25.7 Å². The molecule has 0 saturated heterocycles. The topological polar surface area (TPSA) is 490 Å². The van der Waals surface area contributed by atoms with E-state index in [9.17, 15) is 91.0 Å². The Morgan fingerprint density at radius 2 is 0.719 bits per heavy atom. The number of methoxy groups -OCH3 is 2. The van der Waals surface area contributed by atoms with Gasteiger partial charge in [0.25, 0.3) is 45.8 Å². The minimum atomic E-state index is -1.09. The van der Waals surface area contributed by atoms with E-state index in [2.05, 4.69) is 53.0 Å². The highest BCUT2D eigenvalue weighted by Crippen LogP contribution is 2.03. The molecule has 0 aromatic heterocycles. The molecule has 0 radical (unpaired) electrons. The molecule has 0 rings (SSSR count). The maximum atomic E-state index is 9.88. The van der Waals surface area contributed by atoms with Crippen molar-refractivity contribution in [3.8, 4) is 0 Å². The van der Waals surface area contributed by atoms with Crippen molar-refractivity contribution in [2.24, 2.45) is 0 Å². The van der Waals surface area contributed by atoms with E-state index in [1.54, 1.807) is 13.2 Å². The SMILES string of the molecule is C.C.C.CC.CCC(CO[N+](=O)[O-])O[N+](=O)[O-].COC(CO[N+](=O)[O-])CO[N+](=O)[O-].COCC(CO[N+](=O)[O-])O[N+](=O)[O-].CSCC(CO[N+](=O)[O-])O[N+](=O)[O-].CSCCO[N+](=O)[O-]. The summed E-state index contributed by atoms with van der Waals surface area (Å²) in [5.41, 5.74) is 0. The van der Waals surface area contributed by atoms with E-state index in [0.29, 0.717) is 5.75 Å². The van der Waals surface area contributed by atoms with E-state index >= 15 is 0 Å². The molecule has 3 unspecified atom stereocenters. The average Bonchev–Trinajstić information content (AvgIpc) is 3.16. The van der Waals surface area contributed by atoms with Crippen LogP contribution >= 0.6 is 23.5 Å². The van der Waals surface area contributed by atoms with Crippen LogP contribution in [-0.2, 0) is 53.0 Å². The number of rotatable bonds is 31. The molecule has 0 spiro atoms. The molecule has 0 bridgehead atoms. The van der Waals surface area contributed by atoms with Crippen molar-refractivity contribution in [1.29, 1.82) is 0 Å². The molecule has 3 atom stereocenters. The lowest BCUT2D eigenvalue weighted by Gasteiger charge is -2.11. The van der Waals surface area contributed by atoms with Gasteiger partial charge in [0.05, 0.1) is 6.61 Å². The van der Waals surface area contributed by atoms with Crippen molar-refractivity contribution in [3.05, 3.63) is 91.0 Å². The smallest absolute Gasteiger partial charge is 0.294 e. The number of hydrogen-bond donors (Lipinski definition) is 0. The predicted octanol–water partition coefficient (Wildman–Crippen LogP) is 2.64. The van der Waals surface area contributed by atoms with Crippen LogP contribution in [0.2, 0.25) is 0 Å². The van der Waals surface area contributed by atoms with E-state index < -0.39 is 103 Å². The van der Waals surface area contributed by atoms with E-state index in [0.717, 1.165) is 0 Å². The quantitative estimate of drug-likeness (QED) is 0.0547. The highest BCUT2D eigenvalue weighted by molar-refractivity contribution is 7.98. The first kappa shape index (κ1) is 78.0. The summed E-state index contributed by atoms with van der Waals surface area (Å²) in [5, 5.41) is 78.5. The summed E-state index contributed by atoms with van der Waals surface area (Å²) in [7, 11) is 2.51. The van der Waals surface area contributed by atoms with Crippen molar-refractivity contribution >= 4 is 23.5 Å². The molecule has 0 aromatic carbocycles. The molecular formula is C24H57N9O29S2. The van der Waals surface area contributed by atoms with Gasteiger partial charge in [0.1, 0.15) is 58.0 Å². The van der Waals surface area contributed by atoms with Crippen LogP contribution in [0.1, 0.15) is 49.5 Å². The molecule has 0 aliphatic heterocycles. The normalized spacial score (nSPS) is 10.1. The second-order valence-electron chi connectivity index (χ2n) is 8.68. The van der Waals surface area contributed by atoms with Gasteiger partial charge in [-0.3, -0.25) is 0 Å². The zero-order valence-electron chi connectivity index (χ0n) is 33.1. The third-order valence-electron chi connectivity index (χ3n) is 4.51. The molecule has 0 heterocycles. The van der Waals surface area contributed by atoms with Gasteiger partial charge in [0.15, 0.2) is 6.10 Å². The van der Waals surface area contributed by atoms with E-state index in [4.69, 9.17) is 0 Å². The van der Waals surface area contributed by atoms with Gasteiger partial charge in [-0.1, -0.05) is 43.1 Å². The van der Waals surface area contributed by atoms with E-state index in [-0.39, 0.29) is 47.7 Å². The predicted molar refractivity (Wildman–Crippen MR) is 215 cm³/mol. The summed E-state index contributed by atoms with van der Waals surface area (Å²) in [6.07, 6.45) is 0.114. The molecular weight excluding hydrogens is 942 g/mol. The molecule has 0 fully saturated rings. The fourth-order valence-corrected chi connectivity index (χ4v) is 3.05. The molecule has 384 valence electrons. The lowest BCUT2D eigenvalue weighted by atomic mass is 10.3. The van der Waals surface area contributed by atoms with E-state index in [1.807, 2.05) is 20.1 Å². The van der Waals surface area contributed by atoms with Gasteiger partial charge in [-0.25, -0.2) is 0 Å². The minimum Gasteiger partial charge on any atom is -0.382 e. The van der Waals surface area contributed by atoms with Crippen LogP contribution in [0.25, 0.3) is 0 Å². The largest absolute Gasteiger partial charge is 0.382 e. The molecule has 40 heteroatoms. The summed E-state index contributed by atoms with van der Waals surface area (Å²) in [4.78, 5) is 123. The molecule has 0 saturated carbocycles. The molecule has 0 aromatic rings. The summed E-state index contributed by atoms with van der Waals surface area (Å²) < 4.78 is 9.10. The fraction of sp³-hybridized carbons (Fsp3) is 1.00. The van der Waals surface area contributed by atoms with Crippen LogP contribution < -0.4 is 0 Å². The van der Waals surface area contributed by atoms with Crippen LogP contribution in [0.3, 0.4) is 0 Å². The zero-order chi connectivity index (χ0) is 48.8. The van der Waals surface area contributed by atoms with Crippen molar-refractivity contribution in [2.75, 3.05) is 84.5 Å². The summed E-state index contributed by atoms with van der Waals surface area (Å²) >= 11 is 2.79. The Morgan fingerprint density at radius 3 is 0.984 bits per heavy atom. The number of ether oxygens (including phenoxy) is 2. The molecule has 64 heavy (non-hydrogen) atoms. The van der Waals surface area contributed by atoms with Crippen LogP contribution in [0.5, 0.6) is 0 Å². The monoisotopic (exact) mass is 999 g/mol. The summed E-state index contributed by atoms with van der Waals surface area (Å²) in [6, 6.07) is 0. The Labute approximate surface area is 371 Å². The Balaban J connectivity index is -0.0000000832. The Hall–Kier alpha value is -6.58. The second-order valence-corrected chi connectivity index (χ2v) is 10.6. The van der Waals surface area contributed by atoms with Crippen LogP contribution in [-0.4, -0.2) is 155 Å². The zero-order valence-corrected chi connectivity index (χ0v) is 34.7. The number of nitrogens with zero attached hydrogens (tertiary/aromatic N) is 9. The molecule has 0 aliphatic rings. The summed E-state index contributed by atoms with van der Waals surface area (Å²) in [5.74, 6) is 0.926. The van der Waals surface area contributed by atoms with Crippen LogP contribution in [0.4, 0.5) is 0 Å². The van der Waals surface area contributed by atoms with E-state index in [1.165, 1.54) is 37.7 Å².